The number of hydrogen-bond acceptors (Lipinski definition) is 3. The minimum atomic E-state index is -0.365. The molecule has 0 aliphatic carbocycles. The average Bonchev–Trinajstić information content (AvgIpc) is 2.66. The Labute approximate surface area is 163 Å². The van der Waals surface area contributed by atoms with Crippen molar-refractivity contribution < 1.29 is 19.2 Å². The molecule has 0 unspecified atom stereocenters. The van der Waals surface area contributed by atoms with Crippen molar-refractivity contribution in [3.8, 4) is 0 Å². The van der Waals surface area contributed by atoms with E-state index < -0.39 is 0 Å². The Kier molecular flexibility index (Phi) is 10.6. The van der Waals surface area contributed by atoms with Crippen molar-refractivity contribution in [1.29, 1.82) is 0 Å². The van der Waals surface area contributed by atoms with Gasteiger partial charge < -0.3 is 14.7 Å². The third-order valence-electron chi connectivity index (χ3n) is 4.12. The Morgan fingerprint density at radius 3 is 2.56 bits per heavy atom. The van der Waals surface area contributed by atoms with E-state index in [0.717, 1.165) is 31.2 Å². The lowest BCUT2D eigenvalue weighted by Crippen LogP contribution is -2.37. The first-order valence-electron chi connectivity index (χ1n) is 9.63. The quantitative estimate of drug-likeness (QED) is 0.140. The van der Waals surface area contributed by atoms with Crippen molar-refractivity contribution in [1.82, 2.24) is 4.90 Å². The van der Waals surface area contributed by atoms with E-state index in [2.05, 4.69) is 20.2 Å². The average molecular weight is 374 g/mol. The van der Waals surface area contributed by atoms with Crippen LogP contribution >= 0.6 is 0 Å². The maximum absolute atomic E-state index is 13.3. The molecule has 1 aromatic rings. The molecule has 0 saturated carbocycles. The van der Waals surface area contributed by atoms with Gasteiger partial charge in [-0.05, 0) is 25.3 Å². The smallest absolute Gasteiger partial charge is 0.358 e. The predicted molar refractivity (Wildman–Crippen MR) is 110 cm³/mol. The van der Waals surface area contributed by atoms with E-state index in [1.165, 1.54) is 0 Å². The van der Waals surface area contributed by atoms with Crippen LogP contribution < -0.4 is 0 Å². The van der Waals surface area contributed by atoms with Crippen LogP contribution in [0.25, 0.3) is 0 Å². The number of aliphatic hydroxyl groups excluding tert-OH is 1. The van der Waals surface area contributed by atoms with E-state index in [1.807, 2.05) is 36.4 Å². The molecule has 5 heteroatoms. The van der Waals surface area contributed by atoms with Gasteiger partial charge in [0.2, 0.25) is 0 Å². The molecule has 1 N–H and O–H groups in total. The maximum Gasteiger partial charge on any atom is 0.358 e. The summed E-state index contributed by atoms with van der Waals surface area (Å²) in [6.45, 7) is 13.4. The number of ether oxygens (including phenoxy) is 1. The third kappa shape index (κ3) is 7.69. The number of hydrogen-bond donors (Lipinski definition) is 1. The van der Waals surface area contributed by atoms with Crippen LogP contribution in [0, 0.1) is 0 Å². The Morgan fingerprint density at radius 2 is 1.96 bits per heavy atom. The van der Waals surface area contributed by atoms with Gasteiger partial charge in [0, 0.05) is 19.5 Å². The Morgan fingerprint density at radius 1 is 1.26 bits per heavy atom. The van der Waals surface area contributed by atoms with Crippen LogP contribution in [0.1, 0.15) is 45.1 Å². The van der Waals surface area contributed by atoms with Crippen molar-refractivity contribution in [2.24, 2.45) is 0 Å². The van der Waals surface area contributed by atoms with Gasteiger partial charge in [-0.1, -0.05) is 49.8 Å². The topological polar surface area (TPSA) is 52.8 Å². The van der Waals surface area contributed by atoms with Gasteiger partial charge in [0.15, 0.2) is 0 Å². The van der Waals surface area contributed by atoms with E-state index in [0.29, 0.717) is 19.6 Å². The van der Waals surface area contributed by atoms with Gasteiger partial charge in [0.25, 0.3) is 0 Å². The second kappa shape index (κ2) is 12.7. The summed E-state index contributed by atoms with van der Waals surface area (Å²) in [5.74, 6) is -0.643. The molecule has 0 heterocycles. The maximum atomic E-state index is 13.3. The summed E-state index contributed by atoms with van der Waals surface area (Å²) >= 11 is 0. The van der Waals surface area contributed by atoms with Crippen molar-refractivity contribution in [2.75, 3.05) is 19.7 Å². The van der Waals surface area contributed by atoms with Gasteiger partial charge >= 0.3 is 17.5 Å². The van der Waals surface area contributed by atoms with Crippen LogP contribution in [0.2, 0.25) is 0 Å². The van der Waals surface area contributed by atoms with Crippen LogP contribution in [-0.4, -0.2) is 46.9 Å². The normalized spacial score (nSPS) is 11.5. The largest absolute Gasteiger partial charge is 0.476 e. The Balaban J connectivity index is 3.12. The number of unbranched alkanes of at least 4 members (excludes halogenated alkanes) is 2. The molecule has 0 bridgehead atoms. The molecule has 1 rings (SSSR count). The van der Waals surface area contributed by atoms with E-state index in [9.17, 15) is 9.90 Å². The fraction of sp³-hybridized carbons (Fsp3) is 0.455. The third-order valence-corrected chi connectivity index (χ3v) is 4.12. The molecule has 0 aliphatic heterocycles. The molecule has 5 nitrogen and oxygen atoms in total. The summed E-state index contributed by atoms with van der Waals surface area (Å²) in [6.07, 6.45) is 5.30. The number of allylic oxidation sites excluding steroid dienone is 1. The summed E-state index contributed by atoms with van der Waals surface area (Å²) in [7, 11) is 0. The minimum Gasteiger partial charge on any atom is -0.476 e. The lowest BCUT2D eigenvalue weighted by atomic mass is 10.2. The first-order chi connectivity index (χ1) is 13.0. The second-order valence-corrected chi connectivity index (χ2v) is 6.35. The predicted octanol–water partition coefficient (Wildman–Crippen LogP) is 4.26. The molecular formula is C22H33N2O3+. The van der Waals surface area contributed by atoms with Crippen molar-refractivity contribution in [2.45, 2.75) is 46.1 Å². The number of aliphatic hydroxyl groups is 1. The van der Waals surface area contributed by atoms with E-state index in [4.69, 9.17) is 4.74 Å². The van der Waals surface area contributed by atoms with Crippen LogP contribution in [0.15, 0.2) is 54.6 Å². The highest BCUT2D eigenvalue weighted by molar-refractivity contribution is 5.91. The molecule has 27 heavy (non-hydrogen) atoms. The first-order valence-corrected chi connectivity index (χ1v) is 9.63. The standard InChI is InChI=1S/C22H32N2O3/c1-5-8-13-17-24(18-19-14-11-10-12-15-19)21(25)20(22(26)27-7-3)23(4)16-9-6-2/h5,10-12,14-15H,1,4,6-9,13,16-18H2,2-3H3/p+1. The monoisotopic (exact) mass is 373 g/mol. The zero-order valence-electron chi connectivity index (χ0n) is 16.7. The summed E-state index contributed by atoms with van der Waals surface area (Å²) < 4.78 is 6.79. The zero-order chi connectivity index (χ0) is 20.1. The Bertz CT molecular complexity index is 638. The van der Waals surface area contributed by atoms with Crippen LogP contribution in [-0.2, 0) is 16.1 Å². The van der Waals surface area contributed by atoms with Crippen molar-refractivity contribution in [3.63, 3.8) is 0 Å². The molecule has 0 saturated heterocycles. The molecule has 0 atom stereocenters. The second-order valence-electron chi connectivity index (χ2n) is 6.35. The number of amides is 1. The molecule has 0 spiro atoms. The molecule has 0 aromatic heterocycles. The van der Waals surface area contributed by atoms with Gasteiger partial charge in [-0.15, -0.1) is 6.58 Å². The fourth-order valence-corrected chi connectivity index (χ4v) is 2.66. The molecule has 148 valence electrons. The van der Waals surface area contributed by atoms with Gasteiger partial charge in [-0.3, -0.25) is 4.79 Å². The highest BCUT2D eigenvalue weighted by Gasteiger charge is 2.32. The van der Waals surface area contributed by atoms with Gasteiger partial charge in [-0.2, -0.15) is 4.58 Å². The van der Waals surface area contributed by atoms with Crippen molar-refractivity contribution in [3.05, 3.63) is 60.2 Å². The molecule has 0 aliphatic rings. The number of carbonyl (C=O) groups is 1. The van der Waals surface area contributed by atoms with Crippen molar-refractivity contribution >= 4 is 12.6 Å². The van der Waals surface area contributed by atoms with Crippen LogP contribution in [0.5, 0.6) is 0 Å². The number of rotatable bonds is 13. The summed E-state index contributed by atoms with van der Waals surface area (Å²) in [5.41, 5.74) is 1.14. The highest BCUT2D eigenvalue weighted by Crippen LogP contribution is 2.15. The minimum absolute atomic E-state index is 0.111. The summed E-state index contributed by atoms with van der Waals surface area (Å²) in [5, 5.41) is 10.3. The lowest BCUT2D eigenvalue weighted by Gasteiger charge is -2.22. The van der Waals surface area contributed by atoms with E-state index in [-0.39, 0.29) is 24.2 Å². The van der Waals surface area contributed by atoms with E-state index >= 15 is 0 Å². The summed E-state index contributed by atoms with van der Waals surface area (Å²) in [4.78, 5) is 15.0. The number of carbonyl (C=O) groups excluding carboxylic acids is 1. The summed E-state index contributed by atoms with van der Waals surface area (Å²) in [6, 6.07) is 9.81. The molecule has 1 aromatic carbocycles. The molecule has 0 radical (unpaired) electrons. The van der Waals surface area contributed by atoms with Gasteiger partial charge in [0.05, 0.1) is 6.61 Å². The molecule has 1 amide bonds. The Hall–Kier alpha value is -2.56. The van der Waals surface area contributed by atoms with Crippen LogP contribution in [0.4, 0.5) is 0 Å². The molecule has 0 fully saturated rings. The zero-order valence-corrected chi connectivity index (χ0v) is 16.7. The number of nitrogens with zero attached hydrogens (tertiary/aromatic N) is 2. The lowest BCUT2D eigenvalue weighted by molar-refractivity contribution is -0.468. The first kappa shape index (κ1) is 22.5. The SMILES string of the molecule is C=CCCCN(Cc1ccccc1)C(=O)/C(=C(\O)OCC)[N+](=C)CCCC. The van der Waals surface area contributed by atoms with Gasteiger partial charge in [-0.25, -0.2) is 0 Å². The fourth-order valence-electron chi connectivity index (χ4n) is 2.66. The highest BCUT2D eigenvalue weighted by atomic mass is 16.6. The number of benzene rings is 1. The van der Waals surface area contributed by atoms with Crippen LogP contribution in [0.3, 0.4) is 0 Å². The van der Waals surface area contributed by atoms with Gasteiger partial charge in [0.1, 0.15) is 13.3 Å². The molecular weight excluding hydrogens is 340 g/mol. The van der Waals surface area contributed by atoms with E-state index in [1.54, 1.807) is 16.4 Å².